The summed E-state index contributed by atoms with van der Waals surface area (Å²) in [7, 11) is 0. The lowest BCUT2D eigenvalue weighted by Crippen LogP contribution is -2.14. The minimum Gasteiger partial charge on any atom is -0.457 e. The number of ether oxygens (including phenoxy) is 1. The highest BCUT2D eigenvalue weighted by Crippen LogP contribution is 2.29. The van der Waals surface area contributed by atoms with Gasteiger partial charge in [0.1, 0.15) is 17.1 Å². The predicted molar refractivity (Wildman–Crippen MR) is 85.0 cm³/mol. The van der Waals surface area contributed by atoms with Crippen LogP contribution in [0.2, 0.25) is 0 Å². The minimum absolute atomic E-state index is 0.202. The number of hydrogen-bond acceptors (Lipinski definition) is 2. The van der Waals surface area contributed by atoms with E-state index >= 15 is 0 Å². The lowest BCUT2D eigenvalue weighted by Gasteiger charge is -2.23. The van der Waals surface area contributed by atoms with Crippen molar-refractivity contribution in [2.75, 3.05) is 0 Å². The van der Waals surface area contributed by atoms with Crippen molar-refractivity contribution in [3.8, 4) is 11.5 Å². The molecule has 0 aliphatic rings. The normalized spacial score (nSPS) is 11.8. The van der Waals surface area contributed by atoms with Crippen LogP contribution in [0.25, 0.3) is 5.65 Å². The number of rotatable bonds is 4. The number of aromatic nitrogens is 2. The van der Waals surface area contributed by atoms with Crippen LogP contribution in [0.5, 0.6) is 11.5 Å². The third-order valence-electron chi connectivity index (χ3n) is 4.12. The Morgan fingerprint density at radius 2 is 1.81 bits per heavy atom. The fourth-order valence-electron chi connectivity index (χ4n) is 2.27. The second-order valence-electron chi connectivity index (χ2n) is 5.92. The first-order valence-electron chi connectivity index (χ1n) is 7.29. The molecule has 3 rings (SSSR count). The molecule has 0 saturated carbocycles. The van der Waals surface area contributed by atoms with Gasteiger partial charge in [-0.1, -0.05) is 32.9 Å². The summed E-state index contributed by atoms with van der Waals surface area (Å²) < 4.78 is 7.86. The maximum atomic E-state index is 5.90. The largest absolute Gasteiger partial charge is 0.457 e. The van der Waals surface area contributed by atoms with Crippen molar-refractivity contribution in [1.29, 1.82) is 0 Å². The van der Waals surface area contributed by atoms with Crippen molar-refractivity contribution < 1.29 is 4.74 Å². The van der Waals surface area contributed by atoms with Crippen LogP contribution in [0, 0.1) is 0 Å². The first-order chi connectivity index (χ1) is 10.1. The van der Waals surface area contributed by atoms with Crippen LogP contribution in [0.4, 0.5) is 0 Å². The third-order valence-corrected chi connectivity index (χ3v) is 4.12. The van der Waals surface area contributed by atoms with Crippen LogP contribution in [0.3, 0.4) is 0 Å². The zero-order valence-electron chi connectivity index (χ0n) is 12.7. The molecule has 0 atom stereocenters. The van der Waals surface area contributed by atoms with Crippen LogP contribution in [0.15, 0.2) is 55.0 Å². The van der Waals surface area contributed by atoms with E-state index in [1.165, 1.54) is 5.56 Å². The molecule has 3 nitrogen and oxygen atoms in total. The van der Waals surface area contributed by atoms with Gasteiger partial charge in [-0.3, -0.25) is 0 Å². The van der Waals surface area contributed by atoms with E-state index in [-0.39, 0.29) is 5.41 Å². The van der Waals surface area contributed by atoms with Gasteiger partial charge in [-0.2, -0.15) is 0 Å². The molecule has 0 spiro atoms. The molecule has 0 bridgehead atoms. The number of hydrogen-bond donors (Lipinski definition) is 0. The van der Waals surface area contributed by atoms with Gasteiger partial charge in [0.05, 0.1) is 0 Å². The van der Waals surface area contributed by atoms with Gasteiger partial charge in [-0.05, 0) is 35.6 Å². The lowest BCUT2D eigenvalue weighted by molar-refractivity contribution is 0.478. The van der Waals surface area contributed by atoms with Crippen molar-refractivity contribution in [1.82, 2.24) is 9.38 Å². The van der Waals surface area contributed by atoms with Gasteiger partial charge < -0.3 is 9.14 Å². The van der Waals surface area contributed by atoms with E-state index in [1.54, 1.807) is 6.20 Å². The smallest absolute Gasteiger partial charge is 0.140 e. The maximum absolute atomic E-state index is 5.90. The SMILES string of the molecule is CCC(C)(C)c1ccc(Oc2ccn3ccnc3c2)cc1. The van der Waals surface area contributed by atoms with Gasteiger partial charge in [0.2, 0.25) is 0 Å². The van der Waals surface area contributed by atoms with Crippen LogP contribution >= 0.6 is 0 Å². The Labute approximate surface area is 125 Å². The van der Waals surface area contributed by atoms with E-state index in [9.17, 15) is 0 Å². The molecular weight excluding hydrogens is 260 g/mol. The summed E-state index contributed by atoms with van der Waals surface area (Å²) in [6, 6.07) is 12.2. The molecule has 0 fully saturated rings. The maximum Gasteiger partial charge on any atom is 0.140 e. The fraction of sp³-hybridized carbons (Fsp3) is 0.278. The van der Waals surface area contributed by atoms with Gasteiger partial charge in [0, 0.05) is 24.7 Å². The highest BCUT2D eigenvalue weighted by Gasteiger charge is 2.17. The number of fused-ring (bicyclic) bond motifs is 1. The highest BCUT2D eigenvalue weighted by atomic mass is 16.5. The van der Waals surface area contributed by atoms with Gasteiger partial charge in [-0.15, -0.1) is 0 Å². The quantitative estimate of drug-likeness (QED) is 0.685. The number of benzene rings is 1. The Hall–Kier alpha value is -2.29. The zero-order valence-corrected chi connectivity index (χ0v) is 12.7. The highest BCUT2D eigenvalue weighted by molar-refractivity contribution is 5.45. The summed E-state index contributed by atoms with van der Waals surface area (Å²) in [4.78, 5) is 4.26. The number of imidazole rings is 1. The van der Waals surface area contributed by atoms with Gasteiger partial charge >= 0.3 is 0 Å². The minimum atomic E-state index is 0.202. The van der Waals surface area contributed by atoms with Gasteiger partial charge in [0.15, 0.2) is 0 Å². The Morgan fingerprint density at radius 1 is 1.05 bits per heavy atom. The summed E-state index contributed by atoms with van der Waals surface area (Å²) in [5.74, 6) is 1.65. The average molecular weight is 280 g/mol. The average Bonchev–Trinajstić information content (AvgIpc) is 2.95. The number of nitrogens with zero attached hydrogens (tertiary/aromatic N) is 2. The summed E-state index contributed by atoms with van der Waals surface area (Å²) in [5, 5.41) is 0. The number of pyridine rings is 1. The molecule has 2 aromatic heterocycles. The van der Waals surface area contributed by atoms with Crippen molar-refractivity contribution in [3.63, 3.8) is 0 Å². The molecule has 0 radical (unpaired) electrons. The van der Waals surface area contributed by atoms with Crippen molar-refractivity contribution in [2.45, 2.75) is 32.6 Å². The van der Waals surface area contributed by atoms with Gasteiger partial charge in [-0.25, -0.2) is 4.98 Å². The van der Waals surface area contributed by atoms with E-state index in [2.05, 4.69) is 37.9 Å². The second-order valence-corrected chi connectivity index (χ2v) is 5.92. The molecule has 0 saturated heterocycles. The van der Waals surface area contributed by atoms with Crippen molar-refractivity contribution in [3.05, 3.63) is 60.6 Å². The molecule has 108 valence electrons. The second kappa shape index (κ2) is 5.24. The van der Waals surface area contributed by atoms with Crippen molar-refractivity contribution >= 4 is 5.65 Å². The van der Waals surface area contributed by atoms with Gasteiger partial charge in [0.25, 0.3) is 0 Å². The Balaban J connectivity index is 1.81. The Kier molecular flexibility index (Phi) is 3.42. The summed E-state index contributed by atoms with van der Waals surface area (Å²) in [5.41, 5.74) is 2.42. The molecule has 2 heterocycles. The fourth-order valence-corrected chi connectivity index (χ4v) is 2.27. The topological polar surface area (TPSA) is 26.5 Å². The van der Waals surface area contributed by atoms with E-state index in [0.717, 1.165) is 23.6 Å². The van der Waals surface area contributed by atoms with E-state index in [0.29, 0.717) is 0 Å². The summed E-state index contributed by atoms with van der Waals surface area (Å²) in [6.07, 6.45) is 6.76. The van der Waals surface area contributed by atoms with Crippen LogP contribution in [-0.4, -0.2) is 9.38 Å². The molecular formula is C18H20N2O. The molecule has 21 heavy (non-hydrogen) atoms. The molecule has 3 aromatic rings. The predicted octanol–water partition coefficient (Wildman–Crippen LogP) is 4.81. The molecule has 0 amide bonds. The van der Waals surface area contributed by atoms with Crippen molar-refractivity contribution in [2.24, 2.45) is 0 Å². The lowest BCUT2D eigenvalue weighted by atomic mass is 9.82. The van der Waals surface area contributed by atoms with Crippen LogP contribution < -0.4 is 4.74 Å². The molecule has 0 unspecified atom stereocenters. The monoisotopic (exact) mass is 280 g/mol. The molecule has 0 N–H and O–H groups in total. The van der Waals surface area contributed by atoms with E-state index in [1.807, 2.05) is 41.1 Å². The van der Waals surface area contributed by atoms with E-state index in [4.69, 9.17) is 4.74 Å². The van der Waals surface area contributed by atoms with Crippen LogP contribution in [0.1, 0.15) is 32.8 Å². The third kappa shape index (κ3) is 2.77. The molecule has 0 aliphatic heterocycles. The summed E-state index contributed by atoms with van der Waals surface area (Å²) >= 11 is 0. The first kappa shape index (κ1) is 13.7. The van der Waals surface area contributed by atoms with Crippen LogP contribution in [-0.2, 0) is 5.41 Å². The molecule has 3 heteroatoms. The summed E-state index contributed by atoms with van der Waals surface area (Å²) in [6.45, 7) is 6.73. The molecule has 1 aromatic carbocycles. The Morgan fingerprint density at radius 3 is 2.52 bits per heavy atom. The standard InChI is InChI=1S/C18H20N2O/c1-4-18(2,3)14-5-7-15(8-6-14)21-16-9-11-20-12-10-19-17(20)13-16/h5-13H,4H2,1-3H3. The molecule has 0 aliphatic carbocycles. The first-order valence-corrected chi connectivity index (χ1v) is 7.29. The zero-order chi connectivity index (χ0) is 14.9. The Bertz CT molecular complexity index is 741. The van der Waals surface area contributed by atoms with E-state index < -0.39 is 0 Å².